The number of carboxylic acids is 1. The summed E-state index contributed by atoms with van der Waals surface area (Å²) in [5, 5.41) is 28.1. The average Bonchev–Trinajstić information content (AvgIpc) is 3.22. The summed E-state index contributed by atoms with van der Waals surface area (Å²) in [6.07, 6.45) is 4.04. The van der Waals surface area contributed by atoms with Gasteiger partial charge in [0.25, 0.3) is 0 Å². The number of rotatable bonds is 7. The van der Waals surface area contributed by atoms with Gasteiger partial charge in [0, 0.05) is 23.1 Å². The van der Waals surface area contributed by atoms with Crippen LogP contribution < -0.4 is 5.32 Å². The van der Waals surface area contributed by atoms with Crippen LogP contribution in [0.15, 0.2) is 18.2 Å². The fourth-order valence-corrected chi connectivity index (χ4v) is 5.38. The van der Waals surface area contributed by atoms with Crippen LogP contribution in [0.25, 0.3) is 0 Å². The number of tetrazole rings is 1. The lowest BCUT2D eigenvalue weighted by molar-refractivity contribution is -0.141. The number of carbonyl (C=O) groups is 1. The summed E-state index contributed by atoms with van der Waals surface area (Å²) in [7, 11) is 0. The number of hydrogen-bond donors (Lipinski definition) is 3. The normalized spacial score (nSPS) is 24.8. The second-order valence-corrected chi connectivity index (χ2v) is 9.33. The molecule has 12 heteroatoms. The minimum atomic E-state index is -0.743. The van der Waals surface area contributed by atoms with Crippen LogP contribution in [-0.4, -0.2) is 55.7 Å². The summed E-state index contributed by atoms with van der Waals surface area (Å²) in [4.78, 5) is 13.7. The molecule has 2 heterocycles. The van der Waals surface area contributed by atoms with Crippen molar-refractivity contribution in [1.82, 2.24) is 30.8 Å². The Morgan fingerprint density at radius 3 is 2.66 bits per heavy atom. The quantitative estimate of drug-likeness (QED) is 0.504. The maximum atomic E-state index is 11.4. The van der Waals surface area contributed by atoms with Gasteiger partial charge in [-0.15, -0.1) is 29.9 Å². The molecule has 4 rings (SSSR count). The molecule has 1 saturated heterocycles. The van der Waals surface area contributed by atoms with E-state index in [1.54, 1.807) is 6.07 Å². The molecule has 2 fully saturated rings. The van der Waals surface area contributed by atoms with E-state index in [2.05, 4.69) is 30.8 Å². The van der Waals surface area contributed by atoms with Crippen LogP contribution in [0.3, 0.4) is 0 Å². The number of nitrogens with one attached hydrogen (secondary N) is 2. The predicted molar refractivity (Wildman–Crippen MR) is 128 cm³/mol. The fraction of sp³-hybridized carbons (Fsp3) is 0.600. The molecule has 2 aromatic rings. The number of fused-ring (bicyclic) bond motifs is 1. The number of piperidine rings is 1. The van der Waals surface area contributed by atoms with E-state index in [-0.39, 0.29) is 24.8 Å². The first-order chi connectivity index (χ1) is 14.5. The topological polar surface area (TPSA) is 107 Å². The van der Waals surface area contributed by atoms with Crippen molar-refractivity contribution < 1.29 is 9.90 Å². The smallest absolute Gasteiger partial charge is 0.320 e. The minimum absolute atomic E-state index is 0. The first-order valence-corrected chi connectivity index (χ1v) is 11.1. The van der Waals surface area contributed by atoms with E-state index in [0.29, 0.717) is 53.1 Å². The third-order valence-corrected chi connectivity index (χ3v) is 6.99. The van der Waals surface area contributed by atoms with Crippen LogP contribution >= 0.6 is 48.0 Å². The lowest BCUT2D eigenvalue weighted by Crippen LogP contribution is -2.50. The van der Waals surface area contributed by atoms with Gasteiger partial charge in [-0.1, -0.05) is 29.3 Å². The highest BCUT2D eigenvalue weighted by molar-refractivity contribution is 6.35. The van der Waals surface area contributed by atoms with Gasteiger partial charge in [-0.2, -0.15) is 0 Å². The highest BCUT2D eigenvalue weighted by Crippen LogP contribution is 2.39. The Kier molecular flexibility index (Phi) is 10.4. The SMILES string of the molecule is Cl.Cl.O=C(O)C1CC2CC(CN(Cc3nnn[nH]3)Cc3ccc(Cl)cc3Cl)CCC2CN1. The number of aliphatic carboxylic acids is 1. The first kappa shape index (κ1) is 27.1. The summed E-state index contributed by atoms with van der Waals surface area (Å²) in [5.74, 6) is 1.50. The summed E-state index contributed by atoms with van der Waals surface area (Å²) in [6, 6.07) is 5.15. The Bertz CT molecular complexity index is 872. The van der Waals surface area contributed by atoms with Gasteiger partial charge in [-0.25, -0.2) is 5.10 Å². The molecule has 1 aliphatic heterocycles. The molecular weight excluding hydrogens is 498 g/mol. The van der Waals surface area contributed by atoms with Crippen molar-refractivity contribution in [3.8, 4) is 0 Å². The van der Waals surface area contributed by atoms with Crippen molar-refractivity contribution in [3.05, 3.63) is 39.6 Å². The molecule has 0 amide bonds. The molecule has 1 aliphatic carbocycles. The van der Waals surface area contributed by atoms with Crippen molar-refractivity contribution in [2.75, 3.05) is 13.1 Å². The van der Waals surface area contributed by atoms with Crippen LogP contribution in [0.2, 0.25) is 10.0 Å². The third-order valence-electron chi connectivity index (χ3n) is 6.40. The molecule has 3 N–H and O–H groups in total. The van der Waals surface area contributed by atoms with E-state index < -0.39 is 12.0 Å². The second kappa shape index (κ2) is 12.3. The lowest BCUT2D eigenvalue weighted by atomic mass is 9.69. The molecular formula is C20H28Cl4N6O2. The summed E-state index contributed by atoms with van der Waals surface area (Å²) in [5.41, 5.74) is 1.01. The fourth-order valence-electron chi connectivity index (χ4n) is 4.91. The molecule has 0 spiro atoms. The summed E-state index contributed by atoms with van der Waals surface area (Å²) in [6.45, 7) is 2.95. The Balaban J connectivity index is 0.00000181. The van der Waals surface area contributed by atoms with Crippen molar-refractivity contribution in [2.24, 2.45) is 17.8 Å². The predicted octanol–water partition coefficient (Wildman–Crippen LogP) is 3.83. The van der Waals surface area contributed by atoms with Crippen molar-refractivity contribution in [1.29, 1.82) is 0 Å². The molecule has 2 aliphatic rings. The molecule has 1 aromatic heterocycles. The highest BCUT2D eigenvalue weighted by Gasteiger charge is 2.38. The van der Waals surface area contributed by atoms with E-state index in [1.165, 1.54) is 0 Å². The van der Waals surface area contributed by atoms with Gasteiger partial charge in [0.2, 0.25) is 0 Å². The maximum absolute atomic E-state index is 11.4. The average molecular weight is 526 g/mol. The lowest BCUT2D eigenvalue weighted by Gasteiger charge is -2.42. The molecule has 32 heavy (non-hydrogen) atoms. The Morgan fingerprint density at radius 1 is 1.16 bits per heavy atom. The van der Waals surface area contributed by atoms with Crippen molar-refractivity contribution in [3.63, 3.8) is 0 Å². The van der Waals surface area contributed by atoms with Gasteiger partial charge in [-0.3, -0.25) is 9.69 Å². The highest BCUT2D eigenvalue weighted by atomic mass is 35.5. The zero-order valence-corrected chi connectivity index (χ0v) is 20.6. The van der Waals surface area contributed by atoms with Gasteiger partial charge >= 0.3 is 5.97 Å². The molecule has 4 unspecified atom stereocenters. The largest absolute Gasteiger partial charge is 0.480 e. The number of halogens is 4. The monoisotopic (exact) mass is 524 g/mol. The van der Waals surface area contributed by atoms with Crippen molar-refractivity contribution in [2.45, 2.75) is 44.8 Å². The standard InChI is InChI=1S/C20H26Cl2N6O2.2ClH/c21-16-4-3-14(17(22)7-16)10-28(11-19-24-26-27-25-19)9-12-1-2-13-8-23-18(20(29)30)6-15(13)5-12;;/h3-4,7,12-13,15,18,23H,1-2,5-6,8-11H2,(H,29,30)(H,24,25,26,27);2*1H. The van der Waals surface area contributed by atoms with Gasteiger partial charge in [0.05, 0.1) is 6.54 Å². The van der Waals surface area contributed by atoms with Crippen LogP contribution in [0.4, 0.5) is 0 Å². The minimum Gasteiger partial charge on any atom is -0.480 e. The first-order valence-electron chi connectivity index (χ1n) is 10.3. The van der Waals surface area contributed by atoms with E-state index >= 15 is 0 Å². The number of H-pyrrole nitrogens is 1. The van der Waals surface area contributed by atoms with Gasteiger partial charge in [-0.05, 0) is 78.1 Å². The number of hydrogen-bond acceptors (Lipinski definition) is 6. The molecule has 1 aromatic carbocycles. The molecule has 4 atom stereocenters. The maximum Gasteiger partial charge on any atom is 0.320 e. The Morgan fingerprint density at radius 2 is 1.97 bits per heavy atom. The van der Waals surface area contributed by atoms with E-state index in [0.717, 1.165) is 37.9 Å². The van der Waals surface area contributed by atoms with Gasteiger partial charge in [0.15, 0.2) is 5.82 Å². The van der Waals surface area contributed by atoms with Crippen LogP contribution in [-0.2, 0) is 17.9 Å². The van der Waals surface area contributed by atoms with Crippen LogP contribution in [0.1, 0.15) is 37.1 Å². The van der Waals surface area contributed by atoms with Gasteiger partial charge < -0.3 is 10.4 Å². The van der Waals surface area contributed by atoms with Crippen LogP contribution in [0, 0.1) is 17.8 Å². The summed E-state index contributed by atoms with van der Waals surface area (Å²) < 4.78 is 0. The van der Waals surface area contributed by atoms with E-state index in [4.69, 9.17) is 23.2 Å². The molecule has 178 valence electrons. The second-order valence-electron chi connectivity index (χ2n) is 8.49. The Labute approximate surface area is 209 Å². The van der Waals surface area contributed by atoms with E-state index in [1.807, 2.05) is 12.1 Å². The Hall–Kier alpha value is -1.16. The number of carboxylic acid groups (broad SMARTS) is 1. The third kappa shape index (κ3) is 6.92. The number of aromatic amines is 1. The summed E-state index contributed by atoms with van der Waals surface area (Å²) >= 11 is 12.5. The van der Waals surface area contributed by atoms with Gasteiger partial charge in [0.1, 0.15) is 6.04 Å². The molecule has 0 bridgehead atoms. The number of aromatic nitrogens is 4. The zero-order valence-electron chi connectivity index (χ0n) is 17.4. The zero-order chi connectivity index (χ0) is 21.1. The van der Waals surface area contributed by atoms with E-state index in [9.17, 15) is 9.90 Å². The number of nitrogens with zero attached hydrogens (tertiary/aromatic N) is 4. The van der Waals surface area contributed by atoms with Crippen molar-refractivity contribution >= 4 is 54.0 Å². The molecule has 8 nitrogen and oxygen atoms in total. The number of benzene rings is 1. The van der Waals surface area contributed by atoms with Crippen LogP contribution in [0.5, 0.6) is 0 Å². The molecule has 1 saturated carbocycles. The molecule has 0 radical (unpaired) electrons.